The Bertz CT molecular complexity index is 886. The zero-order chi connectivity index (χ0) is 20.3. The third-order valence-corrected chi connectivity index (χ3v) is 4.97. The summed E-state index contributed by atoms with van der Waals surface area (Å²) < 4.78 is 32.2. The van der Waals surface area contributed by atoms with E-state index in [-0.39, 0.29) is 12.3 Å². The molecule has 148 valence electrons. The van der Waals surface area contributed by atoms with Crippen molar-refractivity contribution in [3.05, 3.63) is 65.2 Å². The molecule has 1 N–H and O–H groups in total. The Hall–Kier alpha value is -2.96. The number of imide groups is 1. The number of ether oxygens (including phenoxy) is 1. The third-order valence-electron chi connectivity index (χ3n) is 4.97. The highest BCUT2D eigenvalue weighted by molar-refractivity contribution is 6.07. The molecule has 5 nitrogen and oxygen atoms in total. The van der Waals surface area contributed by atoms with Crippen LogP contribution in [-0.4, -0.2) is 23.9 Å². The van der Waals surface area contributed by atoms with Crippen molar-refractivity contribution < 1.29 is 23.1 Å². The number of nitrogens with zero attached hydrogens (tertiary/aromatic N) is 1. The number of urea groups is 1. The fraction of sp³-hybridized carbons (Fsp3) is 0.333. The Kier molecular flexibility index (Phi) is 5.63. The number of carbonyl (C=O) groups excluding carboxylic acids is 2. The van der Waals surface area contributed by atoms with Crippen LogP contribution in [0.25, 0.3) is 0 Å². The fourth-order valence-electron chi connectivity index (χ4n) is 3.45. The lowest BCUT2D eigenvalue weighted by atomic mass is 9.84. The smallest absolute Gasteiger partial charge is 0.325 e. The van der Waals surface area contributed by atoms with Crippen LogP contribution in [-0.2, 0) is 16.9 Å². The summed E-state index contributed by atoms with van der Waals surface area (Å²) in [5.74, 6) is -1.32. The van der Waals surface area contributed by atoms with Gasteiger partial charge in [0.05, 0.1) is 13.7 Å². The van der Waals surface area contributed by atoms with Crippen LogP contribution in [0.3, 0.4) is 0 Å². The van der Waals surface area contributed by atoms with Gasteiger partial charge in [-0.1, -0.05) is 38.0 Å². The van der Waals surface area contributed by atoms with E-state index >= 15 is 0 Å². The highest BCUT2D eigenvalue weighted by Gasteiger charge is 2.51. The van der Waals surface area contributed by atoms with Gasteiger partial charge >= 0.3 is 6.03 Å². The first-order chi connectivity index (χ1) is 13.4. The van der Waals surface area contributed by atoms with Crippen LogP contribution in [0.15, 0.2) is 42.5 Å². The van der Waals surface area contributed by atoms with Gasteiger partial charge in [-0.25, -0.2) is 13.6 Å². The van der Waals surface area contributed by atoms with Crippen molar-refractivity contribution in [3.8, 4) is 5.75 Å². The molecule has 0 bridgehead atoms. The molecule has 0 unspecified atom stereocenters. The molecule has 0 aliphatic carbocycles. The molecule has 0 saturated carbocycles. The quantitative estimate of drug-likeness (QED) is 0.726. The summed E-state index contributed by atoms with van der Waals surface area (Å²) in [7, 11) is 1.36. The largest absolute Gasteiger partial charge is 0.494 e. The highest BCUT2D eigenvalue weighted by Crippen LogP contribution is 2.35. The van der Waals surface area contributed by atoms with E-state index in [2.05, 4.69) is 5.32 Å². The van der Waals surface area contributed by atoms with Gasteiger partial charge in [0.15, 0.2) is 11.6 Å². The molecule has 0 spiro atoms. The van der Waals surface area contributed by atoms with Gasteiger partial charge in [-0.15, -0.1) is 0 Å². The number of amides is 3. The normalized spacial score (nSPS) is 19.1. The minimum atomic E-state index is -1.24. The minimum absolute atomic E-state index is 0.0688. The van der Waals surface area contributed by atoms with Crippen LogP contribution in [0.2, 0.25) is 0 Å². The van der Waals surface area contributed by atoms with Gasteiger partial charge in [-0.2, -0.15) is 0 Å². The van der Waals surface area contributed by atoms with Gasteiger partial charge in [-0.05, 0) is 41.8 Å². The lowest BCUT2D eigenvalue weighted by Crippen LogP contribution is -2.44. The molecule has 28 heavy (non-hydrogen) atoms. The summed E-state index contributed by atoms with van der Waals surface area (Å²) in [4.78, 5) is 27.0. The van der Waals surface area contributed by atoms with E-state index in [1.807, 2.05) is 6.92 Å². The summed E-state index contributed by atoms with van der Waals surface area (Å²) >= 11 is 0. The molecule has 0 aromatic heterocycles. The van der Waals surface area contributed by atoms with E-state index in [0.717, 1.165) is 11.3 Å². The molecule has 1 aliphatic heterocycles. The summed E-state index contributed by atoms with van der Waals surface area (Å²) in [5, 5.41) is 2.79. The van der Waals surface area contributed by atoms with Crippen LogP contribution < -0.4 is 10.1 Å². The number of rotatable bonds is 7. The molecule has 1 heterocycles. The predicted octanol–water partition coefficient (Wildman–Crippen LogP) is 4.11. The third kappa shape index (κ3) is 3.56. The van der Waals surface area contributed by atoms with Crippen LogP contribution in [0.4, 0.5) is 13.6 Å². The Morgan fingerprint density at radius 2 is 1.82 bits per heavy atom. The summed E-state index contributed by atoms with van der Waals surface area (Å²) in [6, 6.07) is 9.30. The van der Waals surface area contributed by atoms with E-state index < -0.39 is 29.1 Å². The first kappa shape index (κ1) is 19.8. The summed E-state index contributed by atoms with van der Waals surface area (Å²) in [6.45, 7) is 1.91. The molecule has 7 heteroatoms. The minimum Gasteiger partial charge on any atom is -0.494 e. The van der Waals surface area contributed by atoms with Crippen LogP contribution in [0.5, 0.6) is 5.75 Å². The lowest BCUT2D eigenvalue weighted by Gasteiger charge is -2.27. The van der Waals surface area contributed by atoms with Gasteiger partial charge in [0.25, 0.3) is 5.91 Å². The van der Waals surface area contributed by atoms with Gasteiger partial charge in [0, 0.05) is 0 Å². The molecule has 1 aliphatic rings. The molecular formula is C21H22F2N2O3. The Labute approximate surface area is 162 Å². The zero-order valence-electron chi connectivity index (χ0n) is 15.8. The molecular weight excluding hydrogens is 366 g/mol. The Balaban J connectivity index is 1.92. The molecule has 1 atom stereocenters. The van der Waals surface area contributed by atoms with Crippen molar-refractivity contribution in [1.29, 1.82) is 0 Å². The standard InChI is InChI=1S/C21H22F2N2O3/c1-3-4-11-21(15-6-8-16(22)9-7-15)19(26)25(20(27)24-21)13-14-5-10-18(28-2)17(23)12-14/h5-10,12H,3-4,11,13H2,1-2H3,(H,24,27)/t21-/m0/s1. The number of methoxy groups -OCH3 is 1. The second-order valence-electron chi connectivity index (χ2n) is 6.81. The van der Waals surface area contributed by atoms with E-state index in [1.54, 1.807) is 6.07 Å². The zero-order valence-corrected chi connectivity index (χ0v) is 15.8. The fourth-order valence-corrected chi connectivity index (χ4v) is 3.45. The molecule has 1 saturated heterocycles. The lowest BCUT2D eigenvalue weighted by molar-refractivity contribution is -0.132. The summed E-state index contributed by atoms with van der Waals surface area (Å²) in [6.07, 6.45) is 1.93. The van der Waals surface area contributed by atoms with E-state index in [9.17, 15) is 18.4 Å². The number of halogens is 2. The molecule has 3 rings (SSSR count). The molecule has 3 amide bonds. The monoisotopic (exact) mass is 388 g/mol. The van der Waals surface area contributed by atoms with Crippen molar-refractivity contribution in [2.24, 2.45) is 0 Å². The number of unbranched alkanes of at least 4 members (excludes halogenated alkanes) is 1. The van der Waals surface area contributed by atoms with Gasteiger partial charge in [0.1, 0.15) is 11.4 Å². The second kappa shape index (κ2) is 7.96. The van der Waals surface area contributed by atoms with Gasteiger partial charge in [0.2, 0.25) is 0 Å². The van der Waals surface area contributed by atoms with Crippen LogP contribution >= 0.6 is 0 Å². The number of benzene rings is 2. The van der Waals surface area contributed by atoms with E-state index in [4.69, 9.17) is 4.74 Å². The first-order valence-electron chi connectivity index (χ1n) is 9.14. The average Bonchev–Trinajstić information content (AvgIpc) is 2.92. The van der Waals surface area contributed by atoms with Crippen LogP contribution in [0.1, 0.15) is 37.3 Å². The number of nitrogens with one attached hydrogen (secondary N) is 1. The van der Waals surface area contributed by atoms with Crippen molar-refractivity contribution in [1.82, 2.24) is 10.2 Å². The summed E-state index contributed by atoms with van der Waals surface area (Å²) in [5.41, 5.74) is -0.248. The van der Waals surface area contributed by atoms with Gasteiger partial charge in [-0.3, -0.25) is 9.69 Å². The predicted molar refractivity (Wildman–Crippen MR) is 99.6 cm³/mol. The van der Waals surface area contributed by atoms with Crippen LogP contribution in [0, 0.1) is 11.6 Å². The maximum atomic E-state index is 14.0. The molecule has 1 fully saturated rings. The number of hydrogen-bond donors (Lipinski definition) is 1. The number of hydrogen-bond acceptors (Lipinski definition) is 3. The topological polar surface area (TPSA) is 58.6 Å². The molecule has 0 radical (unpaired) electrons. The molecule has 2 aromatic carbocycles. The van der Waals surface area contributed by atoms with Crippen molar-refractivity contribution >= 4 is 11.9 Å². The first-order valence-corrected chi connectivity index (χ1v) is 9.14. The van der Waals surface area contributed by atoms with Gasteiger partial charge < -0.3 is 10.1 Å². The van der Waals surface area contributed by atoms with Crippen molar-refractivity contribution in [3.63, 3.8) is 0 Å². The molecule has 2 aromatic rings. The average molecular weight is 388 g/mol. The van der Waals surface area contributed by atoms with E-state index in [1.165, 1.54) is 43.5 Å². The van der Waals surface area contributed by atoms with Crippen molar-refractivity contribution in [2.45, 2.75) is 38.3 Å². The van der Waals surface area contributed by atoms with Crippen molar-refractivity contribution in [2.75, 3.05) is 7.11 Å². The Morgan fingerprint density at radius 1 is 1.11 bits per heavy atom. The maximum absolute atomic E-state index is 14.0. The van der Waals surface area contributed by atoms with E-state index in [0.29, 0.717) is 24.0 Å². The Morgan fingerprint density at radius 3 is 2.43 bits per heavy atom. The maximum Gasteiger partial charge on any atom is 0.325 e. The highest BCUT2D eigenvalue weighted by atomic mass is 19.1. The number of carbonyl (C=O) groups is 2. The second-order valence-corrected chi connectivity index (χ2v) is 6.81. The SMILES string of the molecule is CCCC[C@@]1(c2ccc(F)cc2)NC(=O)N(Cc2ccc(OC)c(F)c2)C1=O.